The Morgan fingerprint density at radius 1 is 1.28 bits per heavy atom. The van der Waals surface area contributed by atoms with E-state index in [9.17, 15) is 0 Å². The molecule has 0 aliphatic heterocycles. The third-order valence-corrected chi connectivity index (χ3v) is 3.82. The summed E-state index contributed by atoms with van der Waals surface area (Å²) in [5.41, 5.74) is 5.95. The summed E-state index contributed by atoms with van der Waals surface area (Å²) < 4.78 is 5.16. The summed E-state index contributed by atoms with van der Waals surface area (Å²) in [6.45, 7) is 6.03. The summed E-state index contributed by atoms with van der Waals surface area (Å²) in [7, 11) is 0. The Balaban J connectivity index is 1.92. The lowest BCUT2D eigenvalue weighted by atomic mass is 9.91. The molecule has 18 heavy (non-hydrogen) atoms. The van der Waals surface area contributed by atoms with E-state index in [2.05, 4.69) is 22.0 Å². The molecule has 1 aliphatic carbocycles. The molecule has 0 atom stereocenters. The van der Waals surface area contributed by atoms with Crippen molar-refractivity contribution in [2.75, 3.05) is 6.54 Å². The highest BCUT2D eigenvalue weighted by Gasteiger charge is 2.24. The Morgan fingerprint density at radius 3 is 2.56 bits per heavy atom. The van der Waals surface area contributed by atoms with Gasteiger partial charge >= 0.3 is 0 Å². The van der Waals surface area contributed by atoms with Gasteiger partial charge in [-0.1, -0.05) is 19.0 Å². The molecule has 0 aromatic carbocycles. The van der Waals surface area contributed by atoms with Gasteiger partial charge in [-0.05, 0) is 32.2 Å². The van der Waals surface area contributed by atoms with E-state index in [0.29, 0.717) is 12.1 Å². The van der Waals surface area contributed by atoms with Crippen molar-refractivity contribution in [2.45, 2.75) is 64.6 Å². The van der Waals surface area contributed by atoms with Gasteiger partial charge in [-0.25, -0.2) is 0 Å². The van der Waals surface area contributed by atoms with E-state index in [0.717, 1.165) is 44.1 Å². The Labute approximate surface area is 109 Å². The Bertz CT molecular complexity index is 358. The molecule has 1 aromatic rings. The molecule has 1 aromatic heterocycles. The standard InChI is InChI=1S/C13H24N4O/c1-3-13-15-12(16-18-13)9-17(4-2)11-7-5-10(14)6-8-11/h10-11H,3-9,14H2,1-2H3. The number of aryl methyl sites for hydroxylation is 1. The highest BCUT2D eigenvalue weighted by atomic mass is 16.5. The molecule has 5 heteroatoms. The van der Waals surface area contributed by atoms with Crippen LogP contribution in [0.15, 0.2) is 4.52 Å². The zero-order chi connectivity index (χ0) is 13.0. The maximum atomic E-state index is 5.95. The largest absolute Gasteiger partial charge is 0.339 e. The van der Waals surface area contributed by atoms with E-state index in [1.165, 1.54) is 12.8 Å². The molecule has 0 unspecified atom stereocenters. The number of hydrogen-bond acceptors (Lipinski definition) is 5. The average molecular weight is 252 g/mol. The predicted octanol–water partition coefficient (Wildman–Crippen LogP) is 1.72. The van der Waals surface area contributed by atoms with Crippen LogP contribution < -0.4 is 5.73 Å². The molecule has 0 spiro atoms. The predicted molar refractivity (Wildman–Crippen MR) is 70.0 cm³/mol. The maximum Gasteiger partial charge on any atom is 0.226 e. The van der Waals surface area contributed by atoms with Crippen LogP contribution in [0, 0.1) is 0 Å². The minimum Gasteiger partial charge on any atom is -0.339 e. The number of nitrogens with two attached hydrogens (primary N) is 1. The molecule has 0 amide bonds. The van der Waals surface area contributed by atoms with Gasteiger partial charge in [-0.3, -0.25) is 4.90 Å². The first-order valence-electron chi connectivity index (χ1n) is 7.04. The Morgan fingerprint density at radius 2 is 2.00 bits per heavy atom. The average Bonchev–Trinajstić information content (AvgIpc) is 2.85. The quantitative estimate of drug-likeness (QED) is 0.864. The molecule has 1 saturated carbocycles. The van der Waals surface area contributed by atoms with Crippen LogP contribution in [0.2, 0.25) is 0 Å². The molecular formula is C13H24N4O. The van der Waals surface area contributed by atoms with Crippen LogP contribution in [-0.4, -0.2) is 33.7 Å². The molecular weight excluding hydrogens is 228 g/mol. The first-order chi connectivity index (χ1) is 8.72. The molecule has 5 nitrogen and oxygen atoms in total. The second kappa shape index (κ2) is 6.29. The second-order valence-electron chi connectivity index (χ2n) is 5.09. The molecule has 0 saturated heterocycles. The van der Waals surface area contributed by atoms with Crippen LogP contribution in [0.4, 0.5) is 0 Å². The van der Waals surface area contributed by atoms with Gasteiger partial charge in [0.15, 0.2) is 5.82 Å². The van der Waals surface area contributed by atoms with E-state index >= 15 is 0 Å². The number of aromatic nitrogens is 2. The monoisotopic (exact) mass is 252 g/mol. The van der Waals surface area contributed by atoms with Crippen molar-refractivity contribution >= 4 is 0 Å². The molecule has 0 radical (unpaired) electrons. The van der Waals surface area contributed by atoms with Gasteiger partial charge in [-0.2, -0.15) is 4.98 Å². The molecule has 0 bridgehead atoms. The minimum atomic E-state index is 0.400. The van der Waals surface area contributed by atoms with Crippen molar-refractivity contribution in [2.24, 2.45) is 5.73 Å². The zero-order valence-electron chi connectivity index (χ0n) is 11.4. The van der Waals surface area contributed by atoms with Crippen LogP contribution in [0.5, 0.6) is 0 Å². The van der Waals surface area contributed by atoms with Crippen molar-refractivity contribution in [3.63, 3.8) is 0 Å². The summed E-state index contributed by atoms with van der Waals surface area (Å²) in [6, 6.07) is 1.02. The lowest BCUT2D eigenvalue weighted by Gasteiger charge is -2.34. The summed E-state index contributed by atoms with van der Waals surface area (Å²) in [5, 5.41) is 4.03. The molecule has 102 valence electrons. The van der Waals surface area contributed by atoms with Gasteiger partial charge in [0, 0.05) is 18.5 Å². The smallest absolute Gasteiger partial charge is 0.226 e. The summed E-state index contributed by atoms with van der Waals surface area (Å²) in [4.78, 5) is 6.82. The van der Waals surface area contributed by atoms with E-state index in [-0.39, 0.29) is 0 Å². The first kappa shape index (κ1) is 13.5. The molecule has 2 rings (SSSR count). The summed E-state index contributed by atoms with van der Waals surface area (Å²) in [6.07, 6.45) is 5.44. The highest BCUT2D eigenvalue weighted by molar-refractivity contribution is 4.88. The summed E-state index contributed by atoms with van der Waals surface area (Å²) in [5.74, 6) is 1.54. The third-order valence-electron chi connectivity index (χ3n) is 3.82. The van der Waals surface area contributed by atoms with E-state index in [4.69, 9.17) is 10.3 Å². The molecule has 1 aliphatic rings. The SMILES string of the molecule is CCc1nc(CN(CC)C2CCC(N)CC2)no1. The van der Waals surface area contributed by atoms with Crippen molar-refractivity contribution < 1.29 is 4.52 Å². The highest BCUT2D eigenvalue weighted by Crippen LogP contribution is 2.23. The van der Waals surface area contributed by atoms with Gasteiger partial charge in [0.2, 0.25) is 5.89 Å². The van der Waals surface area contributed by atoms with Crippen molar-refractivity contribution in [3.05, 3.63) is 11.7 Å². The Kier molecular flexibility index (Phi) is 4.72. The fraction of sp³-hybridized carbons (Fsp3) is 0.846. The van der Waals surface area contributed by atoms with Gasteiger partial charge in [0.25, 0.3) is 0 Å². The summed E-state index contributed by atoms with van der Waals surface area (Å²) >= 11 is 0. The number of rotatable bonds is 5. The fourth-order valence-electron chi connectivity index (χ4n) is 2.65. The molecule has 1 heterocycles. The normalized spacial score (nSPS) is 24.7. The van der Waals surface area contributed by atoms with Crippen LogP contribution in [0.25, 0.3) is 0 Å². The van der Waals surface area contributed by atoms with Crippen LogP contribution in [0.3, 0.4) is 0 Å². The number of nitrogens with zero attached hydrogens (tertiary/aromatic N) is 3. The maximum absolute atomic E-state index is 5.95. The van der Waals surface area contributed by atoms with Crippen LogP contribution in [0.1, 0.15) is 51.2 Å². The minimum absolute atomic E-state index is 0.400. The van der Waals surface area contributed by atoms with E-state index < -0.39 is 0 Å². The lowest BCUT2D eigenvalue weighted by molar-refractivity contribution is 0.144. The molecule has 1 fully saturated rings. The van der Waals surface area contributed by atoms with Crippen molar-refractivity contribution in [3.8, 4) is 0 Å². The van der Waals surface area contributed by atoms with Crippen molar-refractivity contribution in [1.82, 2.24) is 15.0 Å². The van der Waals surface area contributed by atoms with E-state index in [1.54, 1.807) is 0 Å². The first-order valence-corrected chi connectivity index (χ1v) is 7.04. The van der Waals surface area contributed by atoms with Gasteiger partial charge in [0.1, 0.15) is 0 Å². The van der Waals surface area contributed by atoms with Crippen LogP contribution >= 0.6 is 0 Å². The number of hydrogen-bond donors (Lipinski definition) is 1. The topological polar surface area (TPSA) is 68.2 Å². The van der Waals surface area contributed by atoms with Gasteiger partial charge in [-0.15, -0.1) is 0 Å². The third kappa shape index (κ3) is 3.29. The van der Waals surface area contributed by atoms with Gasteiger partial charge in [0.05, 0.1) is 6.54 Å². The lowest BCUT2D eigenvalue weighted by Crippen LogP contribution is -2.40. The zero-order valence-corrected chi connectivity index (χ0v) is 11.4. The van der Waals surface area contributed by atoms with Crippen LogP contribution in [-0.2, 0) is 13.0 Å². The van der Waals surface area contributed by atoms with E-state index in [1.807, 2.05) is 6.92 Å². The van der Waals surface area contributed by atoms with Gasteiger partial charge < -0.3 is 10.3 Å². The second-order valence-corrected chi connectivity index (χ2v) is 5.09. The fourth-order valence-corrected chi connectivity index (χ4v) is 2.65. The van der Waals surface area contributed by atoms with Crippen molar-refractivity contribution in [1.29, 1.82) is 0 Å². The Hall–Kier alpha value is -0.940. The molecule has 2 N–H and O–H groups in total.